The van der Waals surface area contributed by atoms with E-state index in [-0.39, 0.29) is 10.2 Å². The van der Waals surface area contributed by atoms with Crippen LogP contribution >= 0.6 is 32.9 Å². The van der Waals surface area contributed by atoms with Crippen LogP contribution in [0.5, 0.6) is 0 Å². The smallest absolute Gasteiger partial charge is 0.247 e. The number of carbonyl (C=O) groups is 1. The standard InChI is InChI=1S/C12H20N4O3S4/c1-12(7-8-20-22-12)6-4-3-5-9(17)14-10-16(2)15-11(21-10)23(13,18)19/h3-8H2,1-2H3,(H2,13,18,19)/p+1/t12-/m1/s1. The van der Waals surface area contributed by atoms with Crippen LogP contribution in [0.15, 0.2) is 4.34 Å². The van der Waals surface area contributed by atoms with E-state index in [1.807, 2.05) is 21.6 Å². The van der Waals surface area contributed by atoms with Gasteiger partial charge in [0.15, 0.2) is 0 Å². The zero-order chi connectivity index (χ0) is 17.1. The maximum atomic E-state index is 12.0. The van der Waals surface area contributed by atoms with Crippen LogP contribution in [0.4, 0.5) is 5.13 Å². The summed E-state index contributed by atoms with van der Waals surface area (Å²) in [7, 11) is 1.59. The average Bonchev–Trinajstić information content (AvgIpc) is 3.02. The number of aromatic nitrogens is 2. The molecule has 11 heteroatoms. The molecule has 2 heterocycles. The highest BCUT2D eigenvalue weighted by molar-refractivity contribution is 8.77. The second kappa shape index (κ2) is 7.68. The molecule has 1 amide bonds. The summed E-state index contributed by atoms with van der Waals surface area (Å²) in [6.07, 6.45) is 4.58. The van der Waals surface area contributed by atoms with Gasteiger partial charge in [0.05, 0.1) is 0 Å². The first-order chi connectivity index (χ1) is 10.7. The van der Waals surface area contributed by atoms with E-state index in [1.54, 1.807) is 7.05 Å². The van der Waals surface area contributed by atoms with Gasteiger partial charge in [-0.2, -0.15) is 5.32 Å². The molecule has 0 spiro atoms. The molecule has 1 fully saturated rings. The van der Waals surface area contributed by atoms with Crippen molar-refractivity contribution in [2.75, 3.05) is 11.1 Å². The van der Waals surface area contributed by atoms with Crippen molar-refractivity contribution in [1.29, 1.82) is 0 Å². The predicted octanol–water partition coefficient (Wildman–Crippen LogP) is 1.66. The molecule has 1 atom stereocenters. The van der Waals surface area contributed by atoms with Crippen LogP contribution in [0.3, 0.4) is 0 Å². The Hall–Kier alpha value is -0.360. The van der Waals surface area contributed by atoms with Gasteiger partial charge in [0.1, 0.15) is 7.05 Å². The first-order valence-electron chi connectivity index (χ1n) is 7.20. The number of nitrogens with two attached hydrogens (primary N) is 1. The fourth-order valence-corrected chi connectivity index (χ4v) is 7.08. The second-order valence-electron chi connectivity index (χ2n) is 5.70. The number of aryl methyl sites for hydroxylation is 1. The van der Waals surface area contributed by atoms with Gasteiger partial charge in [-0.05, 0) is 37.5 Å². The van der Waals surface area contributed by atoms with E-state index in [4.69, 9.17) is 5.14 Å². The quantitative estimate of drug-likeness (QED) is 0.314. The Kier molecular flexibility index (Phi) is 6.34. The first-order valence-corrected chi connectivity index (χ1v) is 11.9. The summed E-state index contributed by atoms with van der Waals surface area (Å²) in [4.78, 5) is 12.0. The van der Waals surface area contributed by atoms with E-state index < -0.39 is 10.0 Å². The maximum absolute atomic E-state index is 12.0. The van der Waals surface area contributed by atoms with Gasteiger partial charge in [-0.1, -0.05) is 33.1 Å². The molecule has 0 unspecified atom stereocenters. The number of primary sulfonamides is 1. The number of amides is 1. The number of nitrogens with zero attached hydrogens (tertiary/aromatic N) is 2. The van der Waals surface area contributed by atoms with E-state index in [0.29, 0.717) is 16.3 Å². The molecule has 23 heavy (non-hydrogen) atoms. The number of hydrogen-bond acceptors (Lipinski definition) is 7. The minimum atomic E-state index is -3.85. The Morgan fingerprint density at radius 2 is 2.22 bits per heavy atom. The zero-order valence-corrected chi connectivity index (χ0v) is 16.3. The summed E-state index contributed by atoms with van der Waals surface area (Å²) < 4.78 is 23.9. The molecule has 1 saturated heterocycles. The number of rotatable bonds is 7. The Morgan fingerprint density at radius 1 is 1.48 bits per heavy atom. The van der Waals surface area contributed by atoms with Crippen LogP contribution < -0.4 is 15.1 Å². The second-order valence-corrected chi connectivity index (χ2v) is 11.4. The van der Waals surface area contributed by atoms with Crippen LogP contribution in [0.1, 0.15) is 39.0 Å². The topological polar surface area (TPSA) is 106 Å². The van der Waals surface area contributed by atoms with Crippen molar-refractivity contribution in [3.05, 3.63) is 0 Å². The van der Waals surface area contributed by atoms with Gasteiger partial charge < -0.3 is 0 Å². The molecule has 0 bridgehead atoms. The summed E-state index contributed by atoms with van der Waals surface area (Å²) in [6.45, 7) is 2.28. The summed E-state index contributed by atoms with van der Waals surface area (Å²) in [5.74, 6) is 1.07. The van der Waals surface area contributed by atoms with Crippen molar-refractivity contribution >= 4 is 54.0 Å². The van der Waals surface area contributed by atoms with Gasteiger partial charge in [0.25, 0.3) is 14.4 Å². The lowest BCUT2D eigenvalue weighted by atomic mass is 9.99. The van der Waals surface area contributed by atoms with Crippen LogP contribution in [0.2, 0.25) is 0 Å². The number of anilines is 1. The van der Waals surface area contributed by atoms with E-state index in [9.17, 15) is 13.2 Å². The minimum Gasteiger partial charge on any atom is -0.247 e. The third-order valence-corrected chi connectivity index (χ3v) is 9.22. The number of nitrogens with one attached hydrogen (secondary N) is 1. The predicted molar refractivity (Wildman–Crippen MR) is 94.8 cm³/mol. The lowest BCUT2D eigenvalue weighted by Gasteiger charge is -2.20. The molecule has 1 aliphatic heterocycles. The first kappa shape index (κ1) is 19.0. The van der Waals surface area contributed by atoms with Crippen LogP contribution in [0.25, 0.3) is 0 Å². The molecule has 0 aromatic carbocycles. The van der Waals surface area contributed by atoms with Crippen molar-refractivity contribution in [2.45, 2.75) is 48.1 Å². The molecule has 3 N–H and O–H groups in total. The molecule has 0 radical (unpaired) electrons. The van der Waals surface area contributed by atoms with E-state index in [0.717, 1.165) is 30.6 Å². The summed E-state index contributed by atoms with van der Waals surface area (Å²) in [5.41, 5.74) is 0. The van der Waals surface area contributed by atoms with Crippen molar-refractivity contribution < 1.29 is 17.9 Å². The van der Waals surface area contributed by atoms with Gasteiger partial charge >= 0.3 is 11.0 Å². The normalized spacial score (nSPS) is 21.5. The Labute approximate surface area is 148 Å². The number of unbranched alkanes of at least 4 members (excludes halogenated alkanes) is 1. The minimum absolute atomic E-state index is 0.135. The third kappa shape index (κ3) is 5.59. The largest absolute Gasteiger partial charge is 0.364 e. The Balaban J connectivity index is 1.78. The fraction of sp³-hybridized carbons (Fsp3) is 0.750. The van der Waals surface area contributed by atoms with Gasteiger partial charge in [0, 0.05) is 16.9 Å². The molecule has 1 aromatic rings. The number of sulfonamides is 1. The summed E-state index contributed by atoms with van der Waals surface area (Å²) in [6, 6.07) is 0. The lowest BCUT2D eigenvalue weighted by Crippen LogP contribution is -2.35. The highest BCUT2D eigenvalue weighted by Gasteiger charge is 2.30. The van der Waals surface area contributed by atoms with E-state index in [1.165, 1.54) is 16.9 Å². The maximum Gasteiger partial charge on any atom is 0.364 e. The van der Waals surface area contributed by atoms with Crippen molar-refractivity contribution in [1.82, 2.24) is 5.10 Å². The van der Waals surface area contributed by atoms with Gasteiger partial charge in [-0.25, -0.2) is 18.4 Å². The molecule has 130 valence electrons. The fourth-order valence-electron chi connectivity index (χ4n) is 2.17. The third-order valence-electron chi connectivity index (χ3n) is 3.53. The van der Waals surface area contributed by atoms with Crippen molar-refractivity contribution in [3.8, 4) is 0 Å². The molecule has 1 aromatic heterocycles. The van der Waals surface area contributed by atoms with Crippen molar-refractivity contribution in [3.63, 3.8) is 0 Å². The molecule has 0 saturated carbocycles. The molecule has 7 nitrogen and oxygen atoms in total. The van der Waals surface area contributed by atoms with Gasteiger partial charge in [-0.3, -0.25) is 0 Å². The summed E-state index contributed by atoms with van der Waals surface area (Å²) >= 11 is 0.855. The molecule has 1 aliphatic rings. The molecular formula is C12H21N4O3S4+. The Morgan fingerprint density at radius 3 is 2.78 bits per heavy atom. The molecule has 2 rings (SSSR count). The average molecular weight is 398 g/mol. The Bertz CT molecular complexity index is 668. The highest BCUT2D eigenvalue weighted by atomic mass is 33.1. The monoisotopic (exact) mass is 397 g/mol. The zero-order valence-electron chi connectivity index (χ0n) is 13.1. The molecular weight excluding hydrogens is 376 g/mol. The number of hydrogen-bond donors (Lipinski definition) is 2. The van der Waals surface area contributed by atoms with Crippen LogP contribution in [0, 0.1) is 0 Å². The molecule has 0 aliphatic carbocycles. The van der Waals surface area contributed by atoms with Gasteiger partial charge in [-0.15, -0.1) is 4.68 Å². The summed E-state index contributed by atoms with van der Waals surface area (Å²) in [5, 5.41) is 11.9. The van der Waals surface area contributed by atoms with Crippen LogP contribution in [-0.4, -0.2) is 29.9 Å². The SMILES string of the molecule is C[n+]1nc(S(N)(=O)=O)sc1NC(=O)CCCC[C@]1(C)CCSS1. The van der Waals surface area contributed by atoms with E-state index >= 15 is 0 Å². The van der Waals surface area contributed by atoms with Crippen molar-refractivity contribution in [2.24, 2.45) is 12.2 Å². The van der Waals surface area contributed by atoms with Crippen LogP contribution in [-0.2, 0) is 21.9 Å². The van der Waals surface area contributed by atoms with E-state index in [2.05, 4.69) is 17.3 Å². The highest BCUT2D eigenvalue weighted by Crippen LogP contribution is 2.49. The van der Waals surface area contributed by atoms with Gasteiger partial charge in [0.2, 0.25) is 0 Å². The number of carbonyl (C=O) groups excluding carboxylic acids is 1. The lowest BCUT2D eigenvalue weighted by molar-refractivity contribution is -0.715.